The Hall–Kier alpha value is -2.41. The van der Waals surface area contributed by atoms with Gasteiger partial charge in [0, 0.05) is 25.4 Å². The first-order chi connectivity index (χ1) is 11.5. The third-order valence-corrected chi connectivity index (χ3v) is 4.73. The molecule has 24 heavy (non-hydrogen) atoms. The van der Waals surface area contributed by atoms with Crippen LogP contribution in [0, 0.1) is 6.92 Å². The fourth-order valence-electron chi connectivity index (χ4n) is 2.66. The summed E-state index contributed by atoms with van der Waals surface area (Å²) >= 11 is 1.49. The molecule has 6 nitrogen and oxygen atoms in total. The van der Waals surface area contributed by atoms with Crippen LogP contribution in [-0.2, 0) is 13.6 Å². The van der Waals surface area contributed by atoms with Gasteiger partial charge in [0.2, 0.25) is 0 Å². The Morgan fingerprint density at radius 1 is 1.38 bits per heavy atom. The molecule has 0 N–H and O–H groups in total. The van der Waals surface area contributed by atoms with Gasteiger partial charge in [-0.2, -0.15) is 10.1 Å². The molecule has 1 aromatic carbocycles. The lowest BCUT2D eigenvalue weighted by Gasteiger charge is -2.03. The van der Waals surface area contributed by atoms with Crippen molar-refractivity contribution >= 4 is 27.5 Å². The highest BCUT2D eigenvalue weighted by atomic mass is 32.1. The van der Waals surface area contributed by atoms with Gasteiger partial charge in [-0.3, -0.25) is 9.48 Å². The maximum atomic E-state index is 12.5. The third kappa shape index (κ3) is 2.99. The summed E-state index contributed by atoms with van der Waals surface area (Å²) < 4.78 is 10.3. The fourth-order valence-corrected chi connectivity index (χ4v) is 3.78. The molecule has 0 saturated heterocycles. The van der Waals surface area contributed by atoms with Crippen molar-refractivity contribution < 1.29 is 9.53 Å². The van der Waals surface area contributed by atoms with Crippen molar-refractivity contribution in [2.24, 2.45) is 12.0 Å². The van der Waals surface area contributed by atoms with Crippen molar-refractivity contribution in [1.29, 1.82) is 0 Å². The van der Waals surface area contributed by atoms with Crippen LogP contribution in [0.15, 0.2) is 29.4 Å². The first-order valence-corrected chi connectivity index (χ1v) is 8.70. The summed E-state index contributed by atoms with van der Waals surface area (Å²) in [5.41, 5.74) is 2.27. The van der Waals surface area contributed by atoms with E-state index in [-0.39, 0.29) is 5.91 Å². The number of amides is 1. The van der Waals surface area contributed by atoms with E-state index in [1.54, 1.807) is 11.7 Å². The number of ether oxygens (including phenoxy) is 1. The van der Waals surface area contributed by atoms with Gasteiger partial charge in [-0.1, -0.05) is 11.3 Å². The molecule has 0 spiro atoms. The van der Waals surface area contributed by atoms with Gasteiger partial charge in [0.1, 0.15) is 5.75 Å². The normalized spacial score (nSPS) is 12.1. The highest BCUT2D eigenvalue weighted by molar-refractivity contribution is 7.16. The number of rotatable bonds is 4. The van der Waals surface area contributed by atoms with Gasteiger partial charge in [-0.25, -0.2) is 0 Å². The van der Waals surface area contributed by atoms with Crippen molar-refractivity contribution in [3.8, 4) is 5.75 Å². The fraction of sp³-hybridized carbons (Fsp3) is 0.353. The Balaban J connectivity index is 2.10. The predicted molar refractivity (Wildman–Crippen MR) is 94.5 cm³/mol. The van der Waals surface area contributed by atoms with Gasteiger partial charge < -0.3 is 9.30 Å². The van der Waals surface area contributed by atoms with Gasteiger partial charge >= 0.3 is 0 Å². The largest absolute Gasteiger partial charge is 0.494 e. The molecule has 0 aliphatic rings. The van der Waals surface area contributed by atoms with Crippen molar-refractivity contribution in [2.45, 2.75) is 27.3 Å². The number of aryl methyl sites for hydroxylation is 3. The number of benzene rings is 1. The van der Waals surface area contributed by atoms with Crippen LogP contribution in [-0.4, -0.2) is 26.9 Å². The predicted octanol–water partition coefficient (Wildman–Crippen LogP) is 2.90. The van der Waals surface area contributed by atoms with Gasteiger partial charge in [-0.05, 0) is 39.0 Å². The van der Waals surface area contributed by atoms with Crippen LogP contribution in [0.3, 0.4) is 0 Å². The Morgan fingerprint density at radius 2 is 2.17 bits per heavy atom. The van der Waals surface area contributed by atoms with Crippen LogP contribution in [0.1, 0.15) is 29.9 Å². The van der Waals surface area contributed by atoms with E-state index in [4.69, 9.17) is 4.74 Å². The first-order valence-electron chi connectivity index (χ1n) is 7.89. The van der Waals surface area contributed by atoms with Crippen LogP contribution in [0.4, 0.5) is 0 Å². The van der Waals surface area contributed by atoms with E-state index >= 15 is 0 Å². The summed E-state index contributed by atoms with van der Waals surface area (Å²) in [4.78, 5) is 17.5. The number of thiazole rings is 1. The van der Waals surface area contributed by atoms with Crippen LogP contribution in [0.5, 0.6) is 5.75 Å². The molecule has 0 bridgehead atoms. The summed E-state index contributed by atoms with van der Waals surface area (Å²) in [6.07, 6.45) is 1.82. The number of aromatic nitrogens is 3. The van der Waals surface area contributed by atoms with E-state index in [2.05, 4.69) is 10.1 Å². The number of fused-ring (bicyclic) bond motifs is 1. The summed E-state index contributed by atoms with van der Waals surface area (Å²) in [5.74, 6) is 0.514. The van der Waals surface area contributed by atoms with E-state index in [9.17, 15) is 4.79 Å². The van der Waals surface area contributed by atoms with E-state index in [0.717, 1.165) is 28.1 Å². The number of hydrogen-bond acceptors (Lipinski definition) is 4. The summed E-state index contributed by atoms with van der Waals surface area (Å²) in [5, 5.41) is 4.20. The van der Waals surface area contributed by atoms with E-state index in [1.165, 1.54) is 11.3 Å². The topological polar surface area (TPSA) is 61.4 Å². The Bertz CT molecular complexity index is 965. The molecule has 0 atom stereocenters. The molecule has 0 unspecified atom stereocenters. The lowest BCUT2D eigenvalue weighted by molar-refractivity contribution is 0.0992. The zero-order valence-electron chi connectivity index (χ0n) is 14.2. The zero-order chi connectivity index (χ0) is 17.3. The minimum absolute atomic E-state index is 0.313. The molecule has 7 heteroatoms. The Morgan fingerprint density at radius 3 is 2.79 bits per heavy atom. The van der Waals surface area contributed by atoms with E-state index in [0.29, 0.717) is 17.1 Å². The Labute approximate surface area is 144 Å². The summed E-state index contributed by atoms with van der Waals surface area (Å²) in [6, 6.07) is 5.94. The minimum atomic E-state index is -0.313. The molecule has 2 aromatic heterocycles. The quantitative estimate of drug-likeness (QED) is 0.731. The standard InChI is InChI=1S/C17H20N4O2S/c1-5-21-13-8-7-12(23-6-2)9-14(13)24-17(21)18-16(22)15-11(3)10-20(4)19-15/h7-10H,5-6H2,1-4H3. The first kappa shape index (κ1) is 16.4. The summed E-state index contributed by atoms with van der Waals surface area (Å²) in [6.45, 7) is 7.22. The van der Waals surface area contributed by atoms with E-state index in [1.807, 2.05) is 49.7 Å². The van der Waals surface area contributed by atoms with Gasteiger partial charge in [-0.15, -0.1) is 0 Å². The minimum Gasteiger partial charge on any atom is -0.494 e. The molecule has 0 fully saturated rings. The highest BCUT2D eigenvalue weighted by Gasteiger charge is 2.14. The molecule has 0 aliphatic carbocycles. The maximum Gasteiger partial charge on any atom is 0.300 e. The number of carbonyl (C=O) groups is 1. The smallest absolute Gasteiger partial charge is 0.300 e. The molecule has 126 valence electrons. The van der Waals surface area contributed by atoms with Gasteiger partial charge in [0.05, 0.1) is 16.8 Å². The second kappa shape index (κ2) is 6.60. The van der Waals surface area contributed by atoms with Crippen LogP contribution in [0.25, 0.3) is 10.2 Å². The molecule has 1 amide bonds. The molecule has 3 aromatic rings. The molecular weight excluding hydrogens is 324 g/mol. The second-order valence-corrected chi connectivity index (χ2v) is 6.45. The molecule has 3 rings (SSSR count). The van der Waals surface area contributed by atoms with Crippen LogP contribution in [0.2, 0.25) is 0 Å². The zero-order valence-corrected chi connectivity index (χ0v) is 15.1. The number of carbonyl (C=O) groups excluding carboxylic acids is 1. The van der Waals surface area contributed by atoms with Gasteiger partial charge in [0.15, 0.2) is 10.5 Å². The average molecular weight is 344 g/mol. The van der Waals surface area contributed by atoms with Crippen LogP contribution >= 0.6 is 11.3 Å². The second-order valence-electron chi connectivity index (χ2n) is 5.44. The van der Waals surface area contributed by atoms with Crippen molar-refractivity contribution in [3.05, 3.63) is 40.5 Å². The van der Waals surface area contributed by atoms with Crippen molar-refractivity contribution in [1.82, 2.24) is 14.3 Å². The SMILES string of the molecule is CCOc1ccc2c(c1)sc(=NC(=O)c1nn(C)cc1C)n2CC. The monoisotopic (exact) mass is 344 g/mol. The average Bonchev–Trinajstić information content (AvgIpc) is 3.05. The van der Waals surface area contributed by atoms with Gasteiger partial charge in [0.25, 0.3) is 5.91 Å². The molecule has 0 radical (unpaired) electrons. The molecule has 2 heterocycles. The third-order valence-electron chi connectivity index (χ3n) is 3.69. The van der Waals surface area contributed by atoms with Crippen molar-refractivity contribution in [3.63, 3.8) is 0 Å². The lowest BCUT2D eigenvalue weighted by Crippen LogP contribution is -2.16. The van der Waals surface area contributed by atoms with E-state index < -0.39 is 0 Å². The molecule has 0 aliphatic heterocycles. The molecule has 0 saturated carbocycles. The lowest BCUT2D eigenvalue weighted by atomic mass is 10.3. The highest BCUT2D eigenvalue weighted by Crippen LogP contribution is 2.23. The Kier molecular flexibility index (Phi) is 4.53. The molecular formula is C17H20N4O2S. The number of hydrogen-bond donors (Lipinski definition) is 0. The van der Waals surface area contributed by atoms with Crippen LogP contribution < -0.4 is 9.54 Å². The summed E-state index contributed by atoms with van der Waals surface area (Å²) in [7, 11) is 1.80. The number of nitrogens with zero attached hydrogens (tertiary/aromatic N) is 4. The maximum absolute atomic E-state index is 12.5. The van der Waals surface area contributed by atoms with Crippen molar-refractivity contribution in [2.75, 3.05) is 6.61 Å².